The number of rotatable bonds is 2. The summed E-state index contributed by atoms with van der Waals surface area (Å²) in [6.45, 7) is 3.93. The van der Waals surface area contributed by atoms with E-state index in [1.807, 2.05) is 37.4 Å². The summed E-state index contributed by atoms with van der Waals surface area (Å²) in [5, 5.41) is 3.93. The number of fused-ring (bicyclic) bond motifs is 1. The van der Waals surface area contributed by atoms with Gasteiger partial charge in [0.1, 0.15) is 15.7 Å². The van der Waals surface area contributed by atoms with E-state index in [9.17, 15) is 0 Å². The van der Waals surface area contributed by atoms with Crippen LogP contribution in [0.1, 0.15) is 18.9 Å². The molecule has 18 heavy (non-hydrogen) atoms. The maximum Gasteiger partial charge on any atom is 0.143 e. The molecule has 0 unspecified atom stereocenters. The Morgan fingerprint density at radius 3 is 2.61 bits per heavy atom. The molecule has 0 saturated carbocycles. The van der Waals surface area contributed by atoms with Crippen LogP contribution in [0.25, 0.3) is 20.9 Å². The summed E-state index contributed by atoms with van der Waals surface area (Å²) in [6.07, 6.45) is 0. The van der Waals surface area contributed by atoms with Crippen LogP contribution in [0.4, 0.5) is 0 Å². The van der Waals surface area contributed by atoms with E-state index in [0.717, 1.165) is 21.2 Å². The molecular weight excluding hydrogens is 262 g/mol. The number of para-hydroxylation sites is 1. The minimum absolute atomic E-state index is 0.389. The number of benzene rings is 1. The normalized spacial score (nSPS) is 12.2. The first kappa shape index (κ1) is 11.8. The Bertz CT molecular complexity index is 658. The van der Waals surface area contributed by atoms with Gasteiger partial charge in [0.05, 0.1) is 15.8 Å². The third kappa shape index (κ3) is 2.05. The van der Waals surface area contributed by atoms with Crippen molar-refractivity contribution in [2.75, 3.05) is 0 Å². The van der Waals surface area contributed by atoms with Crippen LogP contribution in [-0.2, 0) is 5.54 Å². The fourth-order valence-electron chi connectivity index (χ4n) is 1.65. The van der Waals surface area contributed by atoms with Crippen molar-refractivity contribution in [1.29, 1.82) is 0 Å². The van der Waals surface area contributed by atoms with E-state index in [1.54, 1.807) is 22.7 Å². The van der Waals surface area contributed by atoms with Crippen molar-refractivity contribution in [3.63, 3.8) is 0 Å². The minimum atomic E-state index is -0.389. The molecule has 0 aliphatic heterocycles. The van der Waals surface area contributed by atoms with Gasteiger partial charge in [0.15, 0.2) is 0 Å². The van der Waals surface area contributed by atoms with Gasteiger partial charge in [-0.15, -0.1) is 22.7 Å². The second kappa shape index (κ2) is 4.12. The summed E-state index contributed by atoms with van der Waals surface area (Å²) in [5.74, 6) is 0. The van der Waals surface area contributed by atoms with Crippen LogP contribution in [-0.4, -0.2) is 9.97 Å². The Balaban J connectivity index is 2.06. The molecular formula is C13H13N3S2. The molecule has 92 valence electrons. The summed E-state index contributed by atoms with van der Waals surface area (Å²) in [7, 11) is 0. The Morgan fingerprint density at radius 1 is 1.17 bits per heavy atom. The highest BCUT2D eigenvalue weighted by Gasteiger charge is 2.19. The second-order valence-corrected chi connectivity index (χ2v) is 6.64. The Morgan fingerprint density at radius 2 is 1.94 bits per heavy atom. The van der Waals surface area contributed by atoms with Crippen molar-refractivity contribution in [1.82, 2.24) is 9.97 Å². The zero-order valence-corrected chi connectivity index (χ0v) is 11.8. The molecule has 0 spiro atoms. The molecule has 3 rings (SSSR count). The van der Waals surface area contributed by atoms with Gasteiger partial charge in [-0.25, -0.2) is 9.97 Å². The molecule has 0 amide bonds. The van der Waals surface area contributed by atoms with Gasteiger partial charge in [-0.3, -0.25) is 0 Å². The smallest absolute Gasteiger partial charge is 0.143 e. The van der Waals surface area contributed by atoms with Crippen molar-refractivity contribution in [2.24, 2.45) is 5.73 Å². The highest BCUT2D eigenvalue weighted by Crippen LogP contribution is 2.32. The fraction of sp³-hybridized carbons (Fsp3) is 0.231. The lowest BCUT2D eigenvalue weighted by Crippen LogP contribution is -2.28. The second-order valence-electron chi connectivity index (χ2n) is 4.75. The van der Waals surface area contributed by atoms with Crippen molar-refractivity contribution in [2.45, 2.75) is 19.4 Å². The van der Waals surface area contributed by atoms with E-state index in [-0.39, 0.29) is 5.54 Å². The number of hydrogen-bond acceptors (Lipinski definition) is 5. The zero-order chi connectivity index (χ0) is 12.8. The van der Waals surface area contributed by atoms with Gasteiger partial charge in [0.25, 0.3) is 0 Å². The molecule has 0 atom stereocenters. The molecule has 3 nitrogen and oxygen atoms in total. The third-order valence-electron chi connectivity index (χ3n) is 2.57. The molecule has 0 aliphatic carbocycles. The highest BCUT2D eigenvalue weighted by molar-refractivity contribution is 7.21. The van der Waals surface area contributed by atoms with Gasteiger partial charge in [-0.1, -0.05) is 12.1 Å². The topological polar surface area (TPSA) is 51.8 Å². The average molecular weight is 275 g/mol. The van der Waals surface area contributed by atoms with Gasteiger partial charge in [0, 0.05) is 5.38 Å². The van der Waals surface area contributed by atoms with Crippen molar-refractivity contribution < 1.29 is 0 Å². The molecule has 0 saturated heterocycles. The van der Waals surface area contributed by atoms with Crippen LogP contribution in [0.2, 0.25) is 0 Å². The molecule has 0 bridgehead atoms. The van der Waals surface area contributed by atoms with Crippen LogP contribution in [0, 0.1) is 0 Å². The molecule has 1 aromatic carbocycles. The van der Waals surface area contributed by atoms with Crippen molar-refractivity contribution >= 4 is 32.9 Å². The molecule has 2 aromatic heterocycles. The Hall–Kier alpha value is -1.30. The predicted octanol–water partition coefficient (Wildman–Crippen LogP) is 3.61. The van der Waals surface area contributed by atoms with E-state index < -0.39 is 0 Å². The summed E-state index contributed by atoms with van der Waals surface area (Å²) < 4.78 is 1.19. The van der Waals surface area contributed by atoms with E-state index in [4.69, 9.17) is 5.73 Å². The van der Waals surface area contributed by atoms with E-state index in [0.29, 0.717) is 0 Å². The number of thiazole rings is 2. The van der Waals surface area contributed by atoms with Crippen LogP contribution in [0.3, 0.4) is 0 Å². The summed E-state index contributed by atoms with van der Waals surface area (Å²) in [4.78, 5) is 9.19. The van der Waals surface area contributed by atoms with Crippen LogP contribution < -0.4 is 5.73 Å². The van der Waals surface area contributed by atoms with Crippen LogP contribution in [0.5, 0.6) is 0 Å². The first-order valence-electron chi connectivity index (χ1n) is 5.65. The summed E-state index contributed by atoms with van der Waals surface area (Å²) in [6, 6.07) is 8.13. The monoisotopic (exact) mass is 275 g/mol. The first-order valence-corrected chi connectivity index (χ1v) is 7.34. The maximum atomic E-state index is 6.05. The van der Waals surface area contributed by atoms with Crippen LogP contribution in [0.15, 0.2) is 29.6 Å². The van der Waals surface area contributed by atoms with Gasteiger partial charge in [-0.05, 0) is 26.0 Å². The van der Waals surface area contributed by atoms with E-state index in [1.165, 1.54) is 4.70 Å². The maximum absolute atomic E-state index is 6.05. The lowest BCUT2D eigenvalue weighted by Gasteiger charge is -2.13. The van der Waals surface area contributed by atoms with Gasteiger partial charge < -0.3 is 5.73 Å². The number of aromatic nitrogens is 2. The summed E-state index contributed by atoms with van der Waals surface area (Å²) in [5.41, 5.74) is 7.62. The Labute approximate surface area is 113 Å². The van der Waals surface area contributed by atoms with Gasteiger partial charge in [-0.2, -0.15) is 0 Å². The van der Waals surface area contributed by atoms with Gasteiger partial charge >= 0.3 is 0 Å². The standard InChI is InChI=1S/C13H13N3S2/c1-13(2,14)12-16-9(7-17-12)11-15-8-5-3-4-6-10(8)18-11/h3-7H,14H2,1-2H3. The molecule has 3 aromatic rings. The average Bonchev–Trinajstić information content (AvgIpc) is 2.94. The summed E-state index contributed by atoms with van der Waals surface area (Å²) >= 11 is 3.26. The zero-order valence-electron chi connectivity index (χ0n) is 10.2. The third-order valence-corrected chi connectivity index (χ3v) is 4.81. The largest absolute Gasteiger partial charge is 0.320 e. The predicted molar refractivity (Wildman–Crippen MR) is 77.9 cm³/mol. The molecule has 2 N–H and O–H groups in total. The number of hydrogen-bond donors (Lipinski definition) is 1. The number of nitrogens with zero attached hydrogens (tertiary/aromatic N) is 2. The van der Waals surface area contributed by atoms with E-state index >= 15 is 0 Å². The first-order chi connectivity index (χ1) is 8.54. The Kier molecular flexibility index (Phi) is 2.69. The lowest BCUT2D eigenvalue weighted by atomic mass is 10.1. The van der Waals surface area contributed by atoms with Crippen LogP contribution >= 0.6 is 22.7 Å². The lowest BCUT2D eigenvalue weighted by molar-refractivity contribution is 0.551. The quantitative estimate of drug-likeness (QED) is 0.777. The van der Waals surface area contributed by atoms with Crippen molar-refractivity contribution in [3.05, 3.63) is 34.7 Å². The SMILES string of the molecule is CC(C)(N)c1nc(-c2nc3ccccc3s2)cs1. The molecule has 5 heteroatoms. The molecule has 0 fully saturated rings. The number of nitrogens with two attached hydrogens (primary N) is 1. The molecule has 0 aliphatic rings. The highest BCUT2D eigenvalue weighted by atomic mass is 32.1. The minimum Gasteiger partial charge on any atom is -0.320 e. The van der Waals surface area contributed by atoms with Crippen molar-refractivity contribution in [3.8, 4) is 10.7 Å². The fourth-order valence-corrected chi connectivity index (χ4v) is 3.49. The van der Waals surface area contributed by atoms with E-state index in [2.05, 4.69) is 16.0 Å². The molecule has 0 radical (unpaired) electrons. The van der Waals surface area contributed by atoms with Gasteiger partial charge in [0.2, 0.25) is 0 Å². The molecule has 2 heterocycles.